The van der Waals surface area contributed by atoms with E-state index in [1.807, 2.05) is 6.92 Å². The normalized spacial score (nSPS) is 20.1. The highest BCUT2D eigenvalue weighted by Crippen LogP contribution is 2.27. The van der Waals surface area contributed by atoms with Crippen LogP contribution in [-0.2, 0) is 14.8 Å². The van der Waals surface area contributed by atoms with E-state index in [0.29, 0.717) is 25.2 Å². The number of hydrogen-bond donors (Lipinski definition) is 1. The van der Waals surface area contributed by atoms with Crippen LogP contribution in [0.5, 0.6) is 5.75 Å². The summed E-state index contributed by atoms with van der Waals surface area (Å²) in [6.45, 7) is 2.48. The summed E-state index contributed by atoms with van der Waals surface area (Å²) in [5, 5.41) is 9.23. The van der Waals surface area contributed by atoms with E-state index in [1.165, 1.54) is 12.1 Å². The van der Waals surface area contributed by atoms with E-state index in [9.17, 15) is 18.3 Å². The molecule has 0 spiro atoms. The summed E-state index contributed by atoms with van der Waals surface area (Å²) in [6.07, 6.45) is 1.75. The van der Waals surface area contributed by atoms with Gasteiger partial charge >= 0.3 is 5.97 Å². The fourth-order valence-electron chi connectivity index (χ4n) is 2.47. The van der Waals surface area contributed by atoms with Gasteiger partial charge in [-0.25, -0.2) is 8.42 Å². The fourth-order valence-corrected chi connectivity index (χ4v) is 4.15. The molecule has 116 valence electrons. The second-order valence-electron chi connectivity index (χ2n) is 4.87. The summed E-state index contributed by atoms with van der Waals surface area (Å²) in [7, 11) is -3.82. The van der Waals surface area contributed by atoms with Crippen molar-refractivity contribution in [3.05, 3.63) is 24.3 Å². The van der Waals surface area contributed by atoms with Crippen molar-refractivity contribution >= 4 is 16.0 Å². The fraction of sp³-hybridized carbons (Fsp3) is 0.500. The van der Waals surface area contributed by atoms with Crippen LogP contribution >= 0.6 is 0 Å². The van der Waals surface area contributed by atoms with Gasteiger partial charge in [-0.2, -0.15) is 4.31 Å². The van der Waals surface area contributed by atoms with Gasteiger partial charge in [-0.1, -0.05) is 6.07 Å². The second kappa shape index (κ2) is 6.44. The molecule has 6 nitrogen and oxygen atoms in total. The number of nitrogens with zero attached hydrogens (tertiary/aromatic N) is 1. The molecule has 0 aromatic heterocycles. The maximum atomic E-state index is 12.7. The van der Waals surface area contributed by atoms with Gasteiger partial charge in [0, 0.05) is 12.6 Å². The molecule has 1 heterocycles. The van der Waals surface area contributed by atoms with Gasteiger partial charge in [0.2, 0.25) is 10.0 Å². The van der Waals surface area contributed by atoms with Gasteiger partial charge in [-0.05, 0) is 38.3 Å². The zero-order chi connectivity index (χ0) is 15.5. The SMILES string of the molecule is CCOc1cccc(S(=O)(=O)N2CCCCC2C(=O)O)c1. The monoisotopic (exact) mass is 313 g/mol. The molecule has 2 rings (SSSR count). The first-order valence-electron chi connectivity index (χ1n) is 6.94. The zero-order valence-electron chi connectivity index (χ0n) is 11.9. The third kappa shape index (κ3) is 3.36. The lowest BCUT2D eigenvalue weighted by molar-refractivity contribution is -0.142. The van der Waals surface area contributed by atoms with Crippen molar-refractivity contribution in [3.8, 4) is 5.75 Å². The van der Waals surface area contributed by atoms with E-state index in [2.05, 4.69) is 0 Å². The summed E-state index contributed by atoms with van der Waals surface area (Å²) in [4.78, 5) is 11.4. The molecule has 1 N–H and O–H groups in total. The predicted molar refractivity (Wildman–Crippen MR) is 76.8 cm³/mol. The van der Waals surface area contributed by atoms with Gasteiger partial charge in [0.25, 0.3) is 0 Å². The molecule has 1 unspecified atom stereocenters. The molecule has 1 aliphatic rings. The minimum Gasteiger partial charge on any atom is -0.494 e. The number of ether oxygens (including phenoxy) is 1. The highest BCUT2D eigenvalue weighted by Gasteiger charge is 2.37. The van der Waals surface area contributed by atoms with Crippen molar-refractivity contribution < 1.29 is 23.1 Å². The lowest BCUT2D eigenvalue weighted by atomic mass is 10.1. The minimum absolute atomic E-state index is 0.0709. The Morgan fingerprint density at radius 1 is 1.43 bits per heavy atom. The molecule has 1 aromatic carbocycles. The molecule has 0 amide bonds. The summed E-state index contributed by atoms with van der Waals surface area (Å²) < 4.78 is 31.7. The predicted octanol–water partition coefficient (Wildman–Crippen LogP) is 1.71. The van der Waals surface area contributed by atoms with Crippen LogP contribution in [0.1, 0.15) is 26.2 Å². The van der Waals surface area contributed by atoms with Crippen LogP contribution in [0, 0.1) is 0 Å². The molecule has 0 bridgehead atoms. The molecular weight excluding hydrogens is 294 g/mol. The maximum Gasteiger partial charge on any atom is 0.322 e. The van der Waals surface area contributed by atoms with E-state index in [0.717, 1.165) is 10.7 Å². The van der Waals surface area contributed by atoms with Gasteiger partial charge in [0.15, 0.2) is 0 Å². The lowest BCUT2D eigenvalue weighted by Crippen LogP contribution is -2.47. The van der Waals surface area contributed by atoms with Gasteiger partial charge in [0.05, 0.1) is 11.5 Å². The first kappa shape index (κ1) is 15.8. The number of piperidine rings is 1. The number of carboxylic acid groups (broad SMARTS) is 1. The number of sulfonamides is 1. The van der Waals surface area contributed by atoms with Crippen molar-refractivity contribution in [2.45, 2.75) is 37.1 Å². The Balaban J connectivity index is 2.35. The van der Waals surface area contributed by atoms with Crippen LogP contribution in [0.2, 0.25) is 0 Å². The van der Waals surface area contributed by atoms with E-state index < -0.39 is 22.0 Å². The summed E-state index contributed by atoms with van der Waals surface area (Å²) in [5.74, 6) is -0.637. The minimum atomic E-state index is -3.82. The number of benzene rings is 1. The lowest BCUT2D eigenvalue weighted by Gasteiger charge is -2.31. The Kier molecular flexibility index (Phi) is 4.84. The smallest absolute Gasteiger partial charge is 0.322 e. The maximum absolute atomic E-state index is 12.7. The number of carboxylic acids is 1. The standard InChI is InChI=1S/C14H19NO5S/c1-2-20-11-6-5-7-12(10-11)21(18,19)15-9-4-3-8-13(15)14(16)17/h5-7,10,13H,2-4,8-9H2,1H3,(H,16,17). The molecule has 0 aliphatic carbocycles. The average Bonchev–Trinajstić information content (AvgIpc) is 2.48. The summed E-state index contributed by atoms with van der Waals surface area (Å²) in [6, 6.07) is 5.18. The number of carbonyl (C=O) groups is 1. The zero-order valence-corrected chi connectivity index (χ0v) is 12.7. The van der Waals surface area contributed by atoms with Gasteiger partial charge in [-0.15, -0.1) is 0 Å². The van der Waals surface area contributed by atoms with Gasteiger partial charge in [-0.3, -0.25) is 4.79 Å². The molecule has 0 radical (unpaired) electrons. The summed E-state index contributed by atoms with van der Waals surface area (Å²) in [5.41, 5.74) is 0. The Labute approximate surface area is 124 Å². The van der Waals surface area contributed by atoms with Crippen molar-refractivity contribution in [2.75, 3.05) is 13.2 Å². The number of aliphatic carboxylic acids is 1. The quantitative estimate of drug-likeness (QED) is 0.894. The molecule has 1 aliphatic heterocycles. The van der Waals surface area contributed by atoms with Crippen LogP contribution in [-0.4, -0.2) is 43.0 Å². The third-order valence-corrected chi connectivity index (χ3v) is 5.37. The highest BCUT2D eigenvalue weighted by molar-refractivity contribution is 7.89. The molecular formula is C14H19NO5S. The van der Waals surface area contributed by atoms with Gasteiger partial charge in [0.1, 0.15) is 11.8 Å². The van der Waals surface area contributed by atoms with Crippen LogP contribution in [0.25, 0.3) is 0 Å². The highest BCUT2D eigenvalue weighted by atomic mass is 32.2. The molecule has 0 saturated carbocycles. The van der Waals surface area contributed by atoms with Gasteiger partial charge < -0.3 is 9.84 Å². The first-order chi connectivity index (χ1) is 9.96. The number of hydrogen-bond acceptors (Lipinski definition) is 4. The Bertz CT molecular complexity index is 614. The largest absolute Gasteiger partial charge is 0.494 e. The van der Waals surface area contributed by atoms with Crippen molar-refractivity contribution in [1.82, 2.24) is 4.31 Å². The Morgan fingerprint density at radius 2 is 2.19 bits per heavy atom. The molecule has 1 saturated heterocycles. The number of rotatable bonds is 5. The van der Waals surface area contributed by atoms with Crippen LogP contribution in [0.3, 0.4) is 0 Å². The summed E-state index contributed by atoms with van der Waals surface area (Å²) >= 11 is 0. The Hall–Kier alpha value is -1.60. The van der Waals surface area contributed by atoms with Crippen molar-refractivity contribution in [3.63, 3.8) is 0 Å². The Morgan fingerprint density at radius 3 is 2.86 bits per heavy atom. The van der Waals surface area contributed by atoms with E-state index >= 15 is 0 Å². The van der Waals surface area contributed by atoms with E-state index in [4.69, 9.17) is 4.74 Å². The third-order valence-electron chi connectivity index (χ3n) is 3.46. The van der Waals surface area contributed by atoms with Crippen molar-refractivity contribution in [1.29, 1.82) is 0 Å². The van der Waals surface area contributed by atoms with Crippen molar-refractivity contribution in [2.24, 2.45) is 0 Å². The molecule has 1 fully saturated rings. The van der Waals surface area contributed by atoms with E-state index in [-0.39, 0.29) is 11.4 Å². The molecule has 1 atom stereocenters. The molecule has 21 heavy (non-hydrogen) atoms. The average molecular weight is 313 g/mol. The van der Waals surface area contributed by atoms with Crippen LogP contribution in [0.15, 0.2) is 29.2 Å². The van der Waals surface area contributed by atoms with Crippen LogP contribution in [0.4, 0.5) is 0 Å². The first-order valence-corrected chi connectivity index (χ1v) is 8.38. The second-order valence-corrected chi connectivity index (χ2v) is 6.76. The van der Waals surface area contributed by atoms with Crippen LogP contribution < -0.4 is 4.74 Å². The topological polar surface area (TPSA) is 83.9 Å². The molecule has 1 aromatic rings. The molecule has 7 heteroatoms. The van der Waals surface area contributed by atoms with E-state index in [1.54, 1.807) is 12.1 Å².